The minimum Gasteiger partial charge on any atom is -0.461 e. The summed E-state index contributed by atoms with van der Waals surface area (Å²) in [5.41, 5.74) is 8.12. The van der Waals surface area contributed by atoms with Gasteiger partial charge in [-0.2, -0.15) is 0 Å². The second-order valence-electron chi connectivity index (χ2n) is 4.21. The lowest BCUT2D eigenvalue weighted by molar-refractivity contribution is -0.144. The van der Waals surface area contributed by atoms with E-state index < -0.39 is 0 Å². The van der Waals surface area contributed by atoms with Crippen molar-refractivity contribution >= 4 is 27.6 Å². The summed E-state index contributed by atoms with van der Waals surface area (Å²) in [4.78, 5) is 11.7. The molecule has 0 fully saturated rings. The van der Waals surface area contributed by atoms with Crippen LogP contribution in [0.25, 0.3) is 0 Å². The maximum absolute atomic E-state index is 11.7. The molecule has 0 aliphatic carbocycles. The quantitative estimate of drug-likeness (QED) is 0.694. The first-order valence-corrected chi connectivity index (χ1v) is 6.67. The van der Waals surface area contributed by atoms with Crippen LogP contribution >= 0.6 is 15.9 Å². The molecule has 0 atom stereocenters. The van der Waals surface area contributed by atoms with Crippen LogP contribution in [0.3, 0.4) is 0 Å². The second-order valence-corrected chi connectivity index (χ2v) is 5.13. The highest BCUT2D eigenvalue weighted by Crippen LogP contribution is 2.13. The van der Waals surface area contributed by atoms with Crippen molar-refractivity contribution in [2.45, 2.75) is 13.0 Å². The van der Waals surface area contributed by atoms with Gasteiger partial charge in [0.25, 0.3) is 0 Å². The average molecular weight is 320 g/mol. The molecule has 2 aromatic rings. The van der Waals surface area contributed by atoms with Crippen LogP contribution in [0.15, 0.2) is 53.0 Å². The van der Waals surface area contributed by atoms with Crippen molar-refractivity contribution in [3.8, 4) is 0 Å². The summed E-state index contributed by atoms with van der Waals surface area (Å²) in [6, 6.07) is 14.9. The van der Waals surface area contributed by atoms with Gasteiger partial charge in [-0.3, -0.25) is 4.79 Å². The number of rotatable bonds is 4. The fraction of sp³-hybridized carbons (Fsp3) is 0.133. The van der Waals surface area contributed by atoms with Gasteiger partial charge in [-0.25, -0.2) is 0 Å². The number of carbonyl (C=O) groups excluding carboxylic acids is 1. The van der Waals surface area contributed by atoms with Crippen LogP contribution in [-0.4, -0.2) is 5.97 Å². The molecule has 3 nitrogen and oxygen atoms in total. The molecule has 98 valence electrons. The zero-order valence-corrected chi connectivity index (χ0v) is 11.9. The zero-order chi connectivity index (χ0) is 13.7. The van der Waals surface area contributed by atoms with Crippen LogP contribution in [0.1, 0.15) is 11.1 Å². The maximum atomic E-state index is 11.7. The Morgan fingerprint density at radius 3 is 2.58 bits per heavy atom. The predicted molar refractivity (Wildman–Crippen MR) is 78.5 cm³/mol. The molecule has 0 radical (unpaired) electrons. The number of nitrogen functional groups attached to an aromatic ring is 1. The molecule has 2 rings (SSSR count). The molecule has 0 heterocycles. The number of carbonyl (C=O) groups is 1. The van der Waals surface area contributed by atoms with Crippen LogP contribution in [0, 0.1) is 0 Å². The third-order valence-corrected chi connectivity index (χ3v) is 3.08. The first-order chi connectivity index (χ1) is 9.13. The molecule has 0 saturated carbocycles. The highest BCUT2D eigenvalue weighted by atomic mass is 79.9. The zero-order valence-electron chi connectivity index (χ0n) is 10.3. The van der Waals surface area contributed by atoms with Crippen molar-refractivity contribution in [1.29, 1.82) is 0 Å². The molecular formula is C15H14BrNO2. The van der Waals surface area contributed by atoms with E-state index in [1.54, 1.807) is 12.1 Å². The lowest BCUT2D eigenvalue weighted by atomic mass is 10.1. The van der Waals surface area contributed by atoms with Gasteiger partial charge in [-0.15, -0.1) is 0 Å². The van der Waals surface area contributed by atoms with Crippen molar-refractivity contribution in [3.63, 3.8) is 0 Å². The van der Waals surface area contributed by atoms with Gasteiger partial charge in [0.1, 0.15) is 6.61 Å². The van der Waals surface area contributed by atoms with E-state index >= 15 is 0 Å². The molecule has 0 amide bonds. The van der Waals surface area contributed by atoms with E-state index in [0.717, 1.165) is 15.6 Å². The van der Waals surface area contributed by atoms with Crippen molar-refractivity contribution in [2.75, 3.05) is 5.73 Å². The first-order valence-electron chi connectivity index (χ1n) is 5.88. The molecule has 0 saturated heterocycles. The van der Waals surface area contributed by atoms with Crippen LogP contribution in [-0.2, 0) is 22.6 Å². The number of halogens is 1. The standard InChI is InChI=1S/C15H14BrNO2/c16-13-5-1-4-12(7-13)10-19-15(18)9-11-3-2-6-14(17)8-11/h1-8H,9-10,17H2. The summed E-state index contributed by atoms with van der Waals surface area (Å²) in [5.74, 6) is -0.259. The normalized spacial score (nSPS) is 10.2. The molecule has 0 bridgehead atoms. The van der Waals surface area contributed by atoms with E-state index in [1.807, 2.05) is 36.4 Å². The minimum atomic E-state index is -0.259. The molecule has 2 N–H and O–H groups in total. The van der Waals surface area contributed by atoms with E-state index in [0.29, 0.717) is 5.69 Å². The van der Waals surface area contributed by atoms with Crippen LogP contribution < -0.4 is 5.73 Å². The molecule has 0 spiro atoms. The Balaban J connectivity index is 1.88. The van der Waals surface area contributed by atoms with Crippen molar-refractivity contribution < 1.29 is 9.53 Å². The summed E-state index contributed by atoms with van der Waals surface area (Å²) in [7, 11) is 0. The molecule has 0 unspecified atom stereocenters. The summed E-state index contributed by atoms with van der Waals surface area (Å²) in [6.07, 6.45) is 0.235. The van der Waals surface area contributed by atoms with Gasteiger partial charge in [0.05, 0.1) is 6.42 Å². The molecule has 0 aromatic heterocycles. The number of hydrogen-bond acceptors (Lipinski definition) is 3. The Bertz CT molecular complexity index is 584. The number of esters is 1. The summed E-state index contributed by atoms with van der Waals surface area (Å²) in [6.45, 7) is 0.278. The number of anilines is 1. The Labute approximate surface area is 120 Å². The van der Waals surface area contributed by atoms with Gasteiger partial charge in [0, 0.05) is 10.2 Å². The van der Waals surface area contributed by atoms with Crippen molar-refractivity contribution in [3.05, 3.63) is 64.1 Å². The van der Waals surface area contributed by atoms with Gasteiger partial charge >= 0.3 is 5.97 Å². The third-order valence-electron chi connectivity index (χ3n) is 2.59. The van der Waals surface area contributed by atoms with E-state index in [9.17, 15) is 4.79 Å². The highest BCUT2D eigenvalue weighted by molar-refractivity contribution is 9.10. The number of ether oxygens (including phenoxy) is 1. The minimum absolute atomic E-state index is 0.235. The van der Waals surface area contributed by atoms with Gasteiger partial charge < -0.3 is 10.5 Å². The number of nitrogens with two attached hydrogens (primary N) is 1. The van der Waals surface area contributed by atoms with Gasteiger partial charge in [-0.05, 0) is 35.4 Å². The fourth-order valence-corrected chi connectivity index (χ4v) is 2.16. The van der Waals surface area contributed by atoms with Gasteiger partial charge in [0.2, 0.25) is 0 Å². The van der Waals surface area contributed by atoms with Gasteiger partial charge in [0.15, 0.2) is 0 Å². The Hall–Kier alpha value is -1.81. The molecule has 4 heteroatoms. The largest absolute Gasteiger partial charge is 0.461 e. The Kier molecular flexibility index (Phi) is 4.58. The lowest BCUT2D eigenvalue weighted by Crippen LogP contribution is -2.08. The summed E-state index contributed by atoms with van der Waals surface area (Å²) in [5, 5.41) is 0. The van der Waals surface area contributed by atoms with Crippen LogP contribution in [0.4, 0.5) is 5.69 Å². The fourth-order valence-electron chi connectivity index (χ4n) is 1.71. The van der Waals surface area contributed by atoms with Crippen LogP contribution in [0.2, 0.25) is 0 Å². The predicted octanol–water partition coefficient (Wildman–Crippen LogP) is 3.32. The van der Waals surface area contributed by atoms with Gasteiger partial charge in [-0.1, -0.05) is 40.2 Å². The molecule has 19 heavy (non-hydrogen) atoms. The Morgan fingerprint density at radius 1 is 1.11 bits per heavy atom. The monoisotopic (exact) mass is 319 g/mol. The first kappa shape index (κ1) is 13.6. The van der Waals surface area contributed by atoms with E-state index in [1.165, 1.54) is 0 Å². The smallest absolute Gasteiger partial charge is 0.310 e. The van der Waals surface area contributed by atoms with Crippen molar-refractivity contribution in [2.24, 2.45) is 0 Å². The number of benzene rings is 2. The summed E-state index contributed by atoms with van der Waals surface area (Å²) < 4.78 is 6.20. The maximum Gasteiger partial charge on any atom is 0.310 e. The molecule has 0 aliphatic rings. The molecular weight excluding hydrogens is 306 g/mol. The topological polar surface area (TPSA) is 52.3 Å². The lowest BCUT2D eigenvalue weighted by Gasteiger charge is -2.06. The van der Waals surface area contributed by atoms with E-state index in [4.69, 9.17) is 10.5 Å². The summed E-state index contributed by atoms with van der Waals surface area (Å²) >= 11 is 3.38. The molecule has 0 aliphatic heterocycles. The highest BCUT2D eigenvalue weighted by Gasteiger charge is 2.05. The van der Waals surface area contributed by atoms with E-state index in [2.05, 4.69) is 15.9 Å². The number of hydrogen-bond donors (Lipinski definition) is 1. The second kappa shape index (κ2) is 6.38. The SMILES string of the molecule is Nc1cccc(CC(=O)OCc2cccc(Br)c2)c1. The third kappa shape index (κ3) is 4.41. The van der Waals surface area contributed by atoms with Crippen LogP contribution in [0.5, 0.6) is 0 Å². The molecule has 2 aromatic carbocycles. The Morgan fingerprint density at radius 2 is 1.84 bits per heavy atom. The van der Waals surface area contributed by atoms with E-state index in [-0.39, 0.29) is 19.0 Å². The van der Waals surface area contributed by atoms with Crippen molar-refractivity contribution in [1.82, 2.24) is 0 Å². The average Bonchev–Trinajstić information content (AvgIpc) is 2.36.